The zero-order valence-electron chi connectivity index (χ0n) is 11.5. The SMILES string of the molecule is CNc1c(CN(CC(F)(F)F)C2CC2)cccc1[N+](=O)[O-]. The summed E-state index contributed by atoms with van der Waals surface area (Å²) in [7, 11) is 1.52. The van der Waals surface area contributed by atoms with Gasteiger partial charge in [0.15, 0.2) is 0 Å². The van der Waals surface area contributed by atoms with E-state index in [4.69, 9.17) is 0 Å². The molecule has 1 N–H and O–H groups in total. The molecule has 116 valence electrons. The first-order chi connectivity index (χ1) is 9.81. The van der Waals surface area contributed by atoms with Gasteiger partial charge in [0.2, 0.25) is 0 Å². The smallest absolute Gasteiger partial charge is 0.382 e. The molecular formula is C13H16F3N3O2. The van der Waals surface area contributed by atoms with Crippen molar-refractivity contribution in [1.29, 1.82) is 0 Å². The van der Waals surface area contributed by atoms with Crippen molar-refractivity contribution in [1.82, 2.24) is 4.90 Å². The van der Waals surface area contributed by atoms with Crippen LogP contribution < -0.4 is 5.32 Å². The van der Waals surface area contributed by atoms with E-state index in [1.807, 2.05) is 0 Å². The first kappa shape index (κ1) is 15.6. The van der Waals surface area contributed by atoms with Crippen LogP contribution in [0.2, 0.25) is 0 Å². The predicted molar refractivity (Wildman–Crippen MR) is 72.1 cm³/mol. The number of alkyl halides is 3. The minimum absolute atomic E-state index is 0.0437. The van der Waals surface area contributed by atoms with Gasteiger partial charge in [0.05, 0.1) is 11.5 Å². The number of para-hydroxylation sites is 1. The van der Waals surface area contributed by atoms with Gasteiger partial charge in [0, 0.05) is 25.7 Å². The standard InChI is InChI=1S/C13H16F3N3O2/c1-17-12-9(3-2-4-11(12)19(20)21)7-18(10-5-6-10)8-13(14,15)16/h2-4,10,17H,5-8H2,1H3. The van der Waals surface area contributed by atoms with Crippen molar-refractivity contribution in [3.63, 3.8) is 0 Å². The summed E-state index contributed by atoms with van der Waals surface area (Å²) < 4.78 is 37.9. The van der Waals surface area contributed by atoms with Crippen molar-refractivity contribution >= 4 is 11.4 Å². The van der Waals surface area contributed by atoms with E-state index >= 15 is 0 Å². The van der Waals surface area contributed by atoms with Crippen LogP contribution in [0.15, 0.2) is 18.2 Å². The summed E-state index contributed by atoms with van der Waals surface area (Å²) in [5, 5.41) is 13.7. The molecule has 8 heteroatoms. The lowest BCUT2D eigenvalue weighted by Crippen LogP contribution is -2.35. The topological polar surface area (TPSA) is 58.4 Å². The molecule has 0 aliphatic heterocycles. The van der Waals surface area contributed by atoms with Crippen LogP contribution in [0.3, 0.4) is 0 Å². The molecule has 1 saturated carbocycles. The van der Waals surface area contributed by atoms with Gasteiger partial charge in [-0.1, -0.05) is 12.1 Å². The highest BCUT2D eigenvalue weighted by Crippen LogP contribution is 2.34. The molecular weight excluding hydrogens is 287 g/mol. The number of nitrogens with one attached hydrogen (secondary N) is 1. The molecule has 0 aromatic heterocycles. The predicted octanol–water partition coefficient (Wildman–Crippen LogP) is 3.16. The lowest BCUT2D eigenvalue weighted by Gasteiger charge is -2.24. The maximum atomic E-state index is 12.6. The summed E-state index contributed by atoms with van der Waals surface area (Å²) in [4.78, 5) is 11.8. The Morgan fingerprint density at radius 2 is 2.10 bits per heavy atom. The number of nitrogens with zero attached hydrogens (tertiary/aromatic N) is 2. The number of rotatable bonds is 6. The Balaban J connectivity index is 2.24. The highest BCUT2D eigenvalue weighted by Gasteiger charge is 2.38. The fourth-order valence-electron chi connectivity index (χ4n) is 2.36. The number of nitro benzene ring substituents is 1. The van der Waals surface area contributed by atoms with Crippen LogP contribution in [0.5, 0.6) is 0 Å². The molecule has 1 fully saturated rings. The third-order valence-corrected chi connectivity index (χ3v) is 3.39. The van der Waals surface area contributed by atoms with Crippen LogP contribution in [-0.4, -0.2) is 35.6 Å². The summed E-state index contributed by atoms with van der Waals surface area (Å²) in [6, 6.07) is 4.36. The second-order valence-corrected chi connectivity index (χ2v) is 5.07. The van der Waals surface area contributed by atoms with Crippen LogP contribution in [0.4, 0.5) is 24.5 Å². The fraction of sp³-hybridized carbons (Fsp3) is 0.538. The van der Waals surface area contributed by atoms with E-state index in [1.165, 1.54) is 24.1 Å². The average molecular weight is 303 g/mol. The third kappa shape index (κ3) is 4.07. The molecule has 5 nitrogen and oxygen atoms in total. The quantitative estimate of drug-likeness (QED) is 0.648. The van der Waals surface area contributed by atoms with E-state index in [9.17, 15) is 23.3 Å². The highest BCUT2D eigenvalue weighted by atomic mass is 19.4. The molecule has 0 amide bonds. The Hall–Kier alpha value is -1.83. The van der Waals surface area contributed by atoms with Crippen molar-refractivity contribution in [2.75, 3.05) is 18.9 Å². The van der Waals surface area contributed by atoms with E-state index < -0.39 is 17.6 Å². The fourth-order valence-corrected chi connectivity index (χ4v) is 2.36. The summed E-state index contributed by atoms with van der Waals surface area (Å²) in [6.07, 6.45) is -2.80. The van der Waals surface area contributed by atoms with Crippen LogP contribution in [-0.2, 0) is 6.54 Å². The molecule has 0 atom stereocenters. The normalized spacial score (nSPS) is 15.3. The minimum atomic E-state index is -4.27. The molecule has 1 aromatic rings. The Kier molecular flexibility index (Phi) is 4.36. The Labute approximate surface area is 119 Å². The number of hydrogen-bond acceptors (Lipinski definition) is 4. The number of nitro groups is 1. The van der Waals surface area contributed by atoms with E-state index in [0.29, 0.717) is 5.56 Å². The second-order valence-electron chi connectivity index (χ2n) is 5.07. The van der Waals surface area contributed by atoms with Gasteiger partial charge >= 0.3 is 6.18 Å². The molecule has 0 bridgehead atoms. The van der Waals surface area contributed by atoms with Crippen molar-refractivity contribution in [3.8, 4) is 0 Å². The van der Waals surface area contributed by atoms with Crippen molar-refractivity contribution in [2.45, 2.75) is 31.6 Å². The van der Waals surface area contributed by atoms with Crippen molar-refractivity contribution in [2.24, 2.45) is 0 Å². The maximum Gasteiger partial charge on any atom is 0.401 e. The lowest BCUT2D eigenvalue weighted by molar-refractivity contribution is -0.384. The molecule has 0 heterocycles. The largest absolute Gasteiger partial charge is 0.401 e. The molecule has 0 saturated heterocycles. The van der Waals surface area contributed by atoms with E-state index in [2.05, 4.69) is 5.32 Å². The van der Waals surface area contributed by atoms with E-state index in [0.717, 1.165) is 12.8 Å². The summed E-state index contributed by atoms with van der Waals surface area (Å²) in [5.74, 6) is 0. The molecule has 0 spiro atoms. The molecule has 2 rings (SSSR count). The number of benzene rings is 1. The van der Waals surface area contributed by atoms with Crippen LogP contribution in [0.1, 0.15) is 18.4 Å². The van der Waals surface area contributed by atoms with Crippen LogP contribution >= 0.6 is 0 Å². The molecule has 1 aromatic carbocycles. The average Bonchev–Trinajstić information content (AvgIpc) is 3.20. The van der Waals surface area contributed by atoms with Gasteiger partial charge in [0.25, 0.3) is 5.69 Å². The molecule has 1 aliphatic rings. The van der Waals surface area contributed by atoms with E-state index in [1.54, 1.807) is 6.07 Å². The zero-order valence-corrected chi connectivity index (χ0v) is 11.5. The first-order valence-electron chi connectivity index (χ1n) is 6.56. The maximum absolute atomic E-state index is 12.6. The zero-order chi connectivity index (χ0) is 15.6. The number of anilines is 1. The van der Waals surface area contributed by atoms with Gasteiger partial charge in [-0.3, -0.25) is 15.0 Å². The summed E-state index contributed by atoms with van der Waals surface area (Å²) in [6.45, 7) is -0.953. The van der Waals surface area contributed by atoms with Crippen molar-refractivity contribution in [3.05, 3.63) is 33.9 Å². The highest BCUT2D eigenvalue weighted by molar-refractivity contribution is 5.66. The summed E-state index contributed by atoms with van der Waals surface area (Å²) >= 11 is 0. The van der Waals surface area contributed by atoms with Crippen LogP contribution in [0.25, 0.3) is 0 Å². The number of halogens is 3. The monoisotopic (exact) mass is 303 g/mol. The van der Waals surface area contributed by atoms with E-state index in [-0.39, 0.29) is 24.0 Å². The Bertz CT molecular complexity index is 530. The molecule has 21 heavy (non-hydrogen) atoms. The van der Waals surface area contributed by atoms with Gasteiger partial charge in [-0.2, -0.15) is 13.2 Å². The lowest BCUT2D eigenvalue weighted by atomic mass is 10.1. The van der Waals surface area contributed by atoms with Crippen molar-refractivity contribution < 1.29 is 18.1 Å². The van der Waals surface area contributed by atoms with Gasteiger partial charge in [-0.25, -0.2) is 0 Å². The number of hydrogen-bond donors (Lipinski definition) is 1. The Morgan fingerprint density at radius 1 is 1.43 bits per heavy atom. The van der Waals surface area contributed by atoms with Gasteiger partial charge in [-0.15, -0.1) is 0 Å². The molecule has 0 unspecified atom stereocenters. The van der Waals surface area contributed by atoms with Gasteiger partial charge in [0.1, 0.15) is 5.69 Å². The Morgan fingerprint density at radius 3 is 2.57 bits per heavy atom. The second kappa shape index (κ2) is 5.88. The van der Waals surface area contributed by atoms with Crippen LogP contribution in [0, 0.1) is 10.1 Å². The van der Waals surface area contributed by atoms with Gasteiger partial charge in [-0.05, 0) is 18.4 Å². The molecule has 1 aliphatic carbocycles. The third-order valence-electron chi connectivity index (χ3n) is 3.39. The molecule has 0 radical (unpaired) electrons. The summed E-state index contributed by atoms with van der Waals surface area (Å²) in [5.41, 5.74) is 0.649. The van der Waals surface area contributed by atoms with Gasteiger partial charge < -0.3 is 5.32 Å². The minimum Gasteiger partial charge on any atom is -0.382 e. The first-order valence-corrected chi connectivity index (χ1v) is 6.56.